The molecule has 1 fully saturated rings. The van der Waals surface area contributed by atoms with Gasteiger partial charge in [0.1, 0.15) is 5.82 Å². The van der Waals surface area contributed by atoms with Gasteiger partial charge >= 0.3 is 0 Å². The second-order valence-electron chi connectivity index (χ2n) is 6.24. The Morgan fingerprint density at radius 3 is 2.37 bits per heavy atom. The predicted octanol–water partition coefficient (Wildman–Crippen LogP) is 2.48. The minimum atomic E-state index is -3.81. The first-order chi connectivity index (χ1) is 12.3. The van der Waals surface area contributed by atoms with Crippen LogP contribution in [0.25, 0.3) is 0 Å². The summed E-state index contributed by atoms with van der Waals surface area (Å²) in [6.45, 7) is 4.05. The van der Waals surface area contributed by atoms with Crippen LogP contribution in [-0.2, 0) is 10.0 Å². The molecule has 6 nitrogen and oxygen atoms in total. The molecule has 3 rings (SSSR count). The molecule has 1 heterocycles. The van der Waals surface area contributed by atoms with E-state index in [4.69, 9.17) is 0 Å². The van der Waals surface area contributed by atoms with Crippen molar-refractivity contribution in [3.8, 4) is 0 Å². The van der Waals surface area contributed by atoms with Gasteiger partial charge in [0.2, 0.25) is 0 Å². The van der Waals surface area contributed by atoms with Crippen LogP contribution < -0.4 is 10.0 Å². The molecule has 0 aromatic heterocycles. The van der Waals surface area contributed by atoms with Gasteiger partial charge in [-0.2, -0.15) is 0 Å². The molecule has 2 aromatic rings. The van der Waals surface area contributed by atoms with Crippen molar-refractivity contribution in [2.45, 2.75) is 17.9 Å². The summed E-state index contributed by atoms with van der Waals surface area (Å²) in [4.78, 5) is 14.3. The minimum Gasteiger partial charge on any atom is -0.336 e. The molecule has 9 heteroatoms. The van der Waals surface area contributed by atoms with Gasteiger partial charge < -0.3 is 10.2 Å². The molecule has 27 heavy (non-hydrogen) atoms. The fourth-order valence-corrected chi connectivity index (χ4v) is 3.87. The van der Waals surface area contributed by atoms with Crippen LogP contribution in [0.5, 0.6) is 0 Å². The van der Waals surface area contributed by atoms with Gasteiger partial charge in [-0.15, -0.1) is 12.4 Å². The minimum absolute atomic E-state index is 0. The average Bonchev–Trinajstić information content (AvgIpc) is 2.62. The van der Waals surface area contributed by atoms with Crippen molar-refractivity contribution in [1.82, 2.24) is 10.2 Å². The summed E-state index contributed by atoms with van der Waals surface area (Å²) in [5.41, 5.74) is 0.836. The molecule has 0 aliphatic carbocycles. The highest BCUT2D eigenvalue weighted by Crippen LogP contribution is 2.18. The molecular formula is C18H21ClFN3O3S. The number of sulfonamides is 1. The summed E-state index contributed by atoms with van der Waals surface area (Å²) in [5.74, 6) is -0.583. The number of piperazine rings is 1. The molecule has 0 radical (unpaired) electrons. The number of carbonyl (C=O) groups excluding carboxylic acids is 1. The standard InChI is InChI=1S/C18H20FN3O3S.ClH/c1-13-12-22(11-10-20-13)18(23)14-2-6-16(7-3-14)21-26(24,25)17-8-4-15(19)5-9-17;/h2-9,13,20-21H,10-12H2,1H3;1H. The number of rotatable bonds is 4. The third-order valence-electron chi connectivity index (χ3n) is 4.16. The van der Waals surface area contributed by atoms with Crippen molar-refractivity contribution < 1.29 is 17.6 Å². The molecule has 1 saturated heterocycles. The zero-order chi connectivity index (χ0) is 18.7. The Balaban J connectivity index is 0.00000261. The van der Waals surface area contributed by atoms with Crippen LogP contribution in [0.2, 0.25) is 0 Å². The molecule has 1 amide bonds. The van der Waals surface area contributed by atoms with E-state index in [2.05, 4.69) is 10.0 Å². The van der Waals surface area contributed by atoms with Gasteiger partial charge in [0.15, 0.2) is 0 Å². The van der Waals surface area contributed by atoms with Crippen molar-refractivity contribution in [3.05, 3.63) is 59.9 Å². The van der Waals surface area contributed by atoms with Gasteiger partial charge in [0, 0.05) is 36.9 Å². The molecule has 1 unspecified atom stereocenters. The maximum Gasteiger partial charge on any atom is 0.261 e. The van der Waals surface area contributed by atoms with Gasteiger partial charge in [-0.1, -0.05) is 0 Å². The predicted molar refractivity (Wildman–Crippen MR) is 104 cm³/mol. The van der Waals surface area contributed by atoms with Gasteiger partial charge in [-0.3, -0.25) is 9.52 Å². The van der Waals surface area contributed by atoms with E-state index in [0.29, 0.717) is 24.3 Å². The van der Waals surface area contributed by atoms with E-state index in [1.54, 1.807) is 29.2 Å². The quantitative estimate of drug-likeness (QED) is 0.807. The van der Waals surface area contributed by atoms with Gasteiger partial charge in [0.05, 0.1) is 4.90 Å². The van der Waals surface area contributed by atoms with E-state index in [0.717, 1.165) is 18.7 Å². The van der Waals surface area contributed by atoms with Crippen molar-refractivity contribution >= 4 is 34.0 Å². The van der Waals surface area contributed by atoms with Crippen molar-refractivity contribution in [2.75, 3.05) is 24.4 Å². The number of benzene rings is 2. The van der Waals surface area contributed by atoms with Crippen LogP contribution in [-0.4, -0.2) is 44.9 Å². The van der Waals surface area contributed by atoms with E-state index in [9.17, 15) is 17.6 Å². The monoisotopic (exact) mass is 413 g/mol. The van der Waals surface area contributed by atoms with Crippen LogP contribution >= 0.6 is 12.4 Å². The number of halogens is 2. The van der Waals surface area contributed by atoms with E-state index in [-0.39, 0.29) is 29.3 Å². The number of nitrogens with zero attached hydrogens (tertiary/aromatic N) is 1. The lowest BCUT2D eigenvalue weighted by molar-refractivity contribution is 0.0709. The number of hydrogen-bond donors (Lipinski definition) is 2. The average molecular weight is 414 g/mol. The van der Waals surface area contributed by atoms with Crippen LogP contribution in [0.4, 0.5) is 10.1 Å². The number of anilines is 1. The number of amides is 1. The van der Waals surface area contributed by atoms with Crippen LogP contribution in [0.1, 0.15) is 17.3 Å². The molecule has 0 spiro atoms. The Bertz CT molecular complexity index is 889. The second-order valence-corrected chi connectivity index (χ2v) is 7.93. The first-order valence-corrected chi connectivity index (χ1v) is 9.74. The van der Waals surface area contributed by atoms with E-state index in [1.165, 1.54) is 12.1 Å². The fourth-order valence-electron chi connectivity index (χ4n) is 2.81. The molecule has 0 saturated carbocycles. The molecule has 1 aliphatic heterocycles. The highest BCUT2D eigenvalue weighted by molar-refractivity contribution is 7.92. The lowest BCUT2D eigenvalue weighted by atomic mass is 10.1. The van der Waals surface area contributed by atoms with Crippen LogP contribution in [0.15, 0.2) is 53.4 Å². The van der Waals surface area contributed by atoms with Gasteiger partial charge in [-0.05, 0) is 55.5 Å². The van der Waals surface area contributed by atoms with E-state index < -0.39 is 15.8 Å². The van der Waals surface area contributed by atoms with Crippen LogP contribution in [0.3, 0.4) is 0 Å². The summed E-state index contributed by atoms with van der Waals surface area (Å²) >= 11 is 0. The zero-order valence-corrected chi connectivity index (χ0v) is 16.3. The Hall–Kier alpha value is -2.16. The molecule has 146 valence electrons. The van der Waals surface area contributed by atoms with Gasteiger partial charge in [0.25, 0.3) is 15.9 Å². The first-order valence-electron chi connectivity index (χ1n) is 8.26. The van der Waals surface area contributed by atoms with E-state index in [1.807, 2.05) is 6.92 Å². The summed E-state index contributed by atoms with van der Waals surface area (Å²) < 4.78 is 40.0. The Kier molecular flexibility index (Phi) is 6.80. The van der Waals surface area contributed by atoms with Crippen molar-refractivity contribution in [3.63, 3.8) is 0 Å². The van der Waals surface area contributed by atoms with Gasteiger partial charge in [-0.25, -0.2) is 12.8 Å². The van der Waals surface area contributed by atoms with Crippen LogP contribution in [0, 0.1) is 5.82 Å². The lowest BCUT2D eigenvalue weighted by Gasteiger charge is -2.32. The summed E-state index contributed by atoms with van der Waals surface area (Å²) in [7, 11) is -3.81. The Labute approximate surface area is 164 Å². The summed E-state index contributed by atoms with van der Waals surface area (Å²) in [6, 6.07) is 11.1. The highest BCUT2D eigenvalue weighted by Gasteiger charge is 2.21. The largest absolute Gasteiger partial charge is 0.336 e. The number of carbonyl (C=O) groups is 1. The number of hydrogen-bond acceptors (Lipinski definition) is 4. The molecule has 1 aliphatic rings. The normalized spacial score (nSPS) is 17.1. The zero-order valence-electron chi connectivity index (χ0n) is 14.7. The first kappa shape index (κ1) is 21.1. The maximum absolute atomic E-state index is 12.9. The maximum atomic E-state index is 12.9. The smallest absolute Gasteiger partial charge is 0.261 e. The molecule has 0 bridgehead atoms. The third kappa shape index (κ3) is 5.18. The van der Waals surface area contributed by atoms with Crippen molar-refractivity contribution in [2.24, 2.45) is 0 Å². The third-order valence-corrected chi connectivity index (χ3v) is 5.56. The highest BCUT2D eigenvalue weighted by atomic mass is 35.5. The Morgan fingerprint density at radius 2 is 1.78 bits per heavy atom. The fraction of sp³-hybridized carbons (Fsp3) is 0.278. The van der Waals surface area contributed by atoms with Crippen molar-refractivity contribution in [1.29, 1.82) is 0 Å². The molecule has 1 atom stereocenters. The van der Waals surface area contributed by atoms with E-state index >= 15 is 0 Å². The Morgan fingerprint density at radius 1 is 1.15 bits per heavy atom. The molecule has 2 aromatic carbocycles. The molecule has 2 N–H and O–H groups in total. The summed E-state index contributed by atoms with van der Waals surface area (Å²) in [6.07, 6.45) is 0. The molecular weight excluding hydrogens is 393 g/mol. The summed E-state index contributed by atoms with van der Waals surface area (Å²) in [5, 5.41) is 3.28. The number of nitrogens with one attached hydrogen (secondary N) is 2. The SMILES string of the molecule is CC1CN(C(=O)c2ccc(NS(=O)(=O)c3ccc(F)cc3)cc2)CCN1.Cl. The topological polar surface area (TPSA) is 78.5 Å². The lowest BCUT2D eigenvalue weighted by Crippen LogP contribution is -2.51. The second kappa shape index (κ2) is 8.69.